The maximum Gasteiger partial charge on any atom is 0.222 e. The molecule has 0 saturated carbocycles. The Hall–Kier alpha value is -1.52. The van der Waals surface area contributed by atoms with Crippen molar-refractivity contribution in [2.75, 3.05) is 12.8 Å². The summed E-state index contributed by atoms with van der Waals surface area (Å²) in [4.78, 5) is 5.49. The highest BCUT2D eigenvalue weighted by Gasteiger charge is 2.07. The first-order chi connectivity index (χ1) is 9.24. The Morgan fingerprint density at radius 2 is 2.11 bits per heavy atom. The summed E-state index contributed by atoms with van der Waals surface area (Å²) in [6, 6.07) is 10.0. The lowest BCUT2D eigenvalue weighted by Crippen LogP contribution is -2.03. The van der Waals surface area contributed by atoms with Gasteiger partial charge in [-0.15, -0.1) is 11.8 Å². The molecule has 1 aromatic heterocycles. The van der Waals surface area contributed by atoms with E-state index < -0.39 is 0 Å². The van der Waals surface area contributed by atoms with Gasteiger partial charge in [0.1, 0.15) is 5.75 Å². The third kappa shape index (κ3) is 3.49. The molecule has 100 valence electrons. The van der Waals surface area contributed by atoms with Crippen LogP contribution in [0.25, 0.3) is 0 Å². The van der Waals surface area contributed by atoms with Gasteiger partial charge in [0.2, 0.25) is 5.88 Å². The van der Waals surface area contributed by atoms with Crippen molar-refractivity contribution in [3.05, 3.63) is 47.7 Å². The van der Waals surface area contributed by atoms with Crippen molar-refractivity contribution in [3.63, 3.8) is 0 Å². The Morgan fingerprint density at radius 3 is 2.79 bits per heavy atom. The molecule has 0 aliphatic rings. The molecule has 0 aliphatic carbocycles. The Labute approximate surface area is 118 Å². The van der Waals surface area contributed by atoms with E-state index in [9.17, 15) is 0 Å². The summed E-state index contributed by atoms with van der Waals surface area (Å²) in [6.45, 7) is 2.64. The van der Waals surface area contributed by atoms with Gasteiger partial charge >= 0.3 is 0 Å². The zero-order valence-electron chi connectivity index (χ0n) is 11.2. The number of ether oxygens (including phenoxy) is 1. The summed E-state index contributed by atoms with van der Waals surface area (Å²) in [5.74, 6) is 1.50. The van der Waals surface area contributed by atoms with Crippen LogP contribution in [-0.4, -0.2) is 17.8 Å². The number of aromatic nitrogens is 1. The molecule has 0 atom stereocenters. The molecule has 0 radical (unpaired) electrons. The molecule has 0 fully saturated rings. The fourth-order valence-electron chi connectivity index (χ4n) is 1.84. The first-order valence-electron chi connectivity index (χ1n) is 6.21. The van der Waals surface area contributed by atoms with Gasteiger partial charge in [-0.3, -0.25) is 0 Å². The Bertz CT molecular complexity index is 558. The fraction of sp³-hybridized carbons (Fsp3) is 0.267. The van der Waals surface area contributed by atoms with E-state index in [2.05, 4.69) is 11.1 Å². The quantitative estimate of drug-likeness (QED) is 0.849. The van der Waals surface area contributed by atoms with Crippen molar-refractivity contribution in [1.29, 1.82) is 0 Å². The van der Waals surface area contributed by atoms with Crippen LogP contribution in [0.2, 0.25) is 0 Å². The molecule has 1 aromatic carbocycles. The maximum absolute atomic E-state index is 5.90. The molecule has 0 spiro atoms. The number of para-hydroxylation sites is 1. The van der Waals surface area contributed by atoms with Crippen molar-refractivity contribution in [1.82, 2.24) is 4.98 Å². The topological polar surface area (TPSA) is 48.1 Å². The molecule has 0 amide bonds. The minimum Gasteiger partial charge on any atom is -0.438 e. The van der Waals surface area contributed by atoms with Crippen molar-refractivity contribution in [3.8, 4) is 11.6 Å². The minimum atomic E-state index is 0.636. The lowest BCUT2D eigenvalue weighted by molar-refractivity contribution is 0.448. The second kappa shape index (κ2) is 6.59. The highest BCUT2D eigenvalue weighted by molar-refractivity contribution is 7.98. The molecule has 2 rings (SSSR count). The molecule has 0 unspecified atom stereocenters. The second-order valence-electron chi connectivity index (χ2n) is 4.26. The predicted octanol–water partition coefficient (Wildman–Crippen LogP) is 3.41. The van der Waals surface area contributed by atoms with Gasteiger partial charge < -0.3 is 10.5 Å². The summed E-state index contributed by atoms with van der Waals surface area (Å²) in [7, 11) is 0. The largest absolute Gasteiger partial charge is 0.438 e. The van der Waals surface area contributed by atoms with Gasteiger partial charge in [-0.1, -0.05) is 12.1 Å². The molecule has 4 heteroatoms. The van der Waals surface area contributed by atoms with Crippen molar-refractivity contribution < 1.29 is 4.74 Å². The SMILES string of the molecule is CSc1ccccc1Oc1ncc(CCN)cc1C. The second-order valence-corrected chi connectivity index (χ2v) is 5.11. The number of pyridine rings is 1. The molecule has 2 N–H and O–H groups in total. The third-order valence-corrected chi connectivity index (χ3v) is 3.57. The van der Waals surface area contributed by atoms with Gasteiger partial charge in [0.05, 0.1) is 0 Å². The number of nitrogens with two attached hydrogens (primary N) is 1. The molecule has 0 saturated heterocycles. The number of nitrogens with zero attached hydrogens (tertiary/aromatic N) is 1. The number of rotatable bonds is 5. The Balaban J connectivity index is 2.23. The average Bonchev–Trinajstić information content (AvgIpc) is 2.43. The predicted molar refractivity (Wildman–Crippen MR) is 80.0 cm³/mol. The zero-order valence-corrected chi connectivity index (χ0v) is 12.0. The van der Waals surface area contributed by atoms with Crippen LogP contribution in [0.15, 0.2) is 41.4 Å². The maximum atomic E-state index is 5.90. The monoisotopic (exact) mass is 274 g/mol. The number of aryl methyl sites for hydroxylation is 1. The normalized spacial score (nSPS) is 10.5. The molecular formula is C15H18N2OS. The molecule has 0 bridgehead atoms. The molecule has 19 heavy (non-hydrogen) atoms. The van der Waals surface area contributed by atoms with E-state index in [1.54, 1.807) is 11.8 Å². The van der Waals surface area contributed by atoms with Crippen LogP contribution < -0.4 is 10.5 Å². The first kappa shape index (κ1) is 13.9. The summed E-state index contributed by atoms with van der Waals surface area (Å²) in [6.07, 6.45) is 4.71. The minimum absolute atomic E-state index is 0.636. The number of benzene rings is 1. The Kier molecular flexibility index (Phi) is 4.82. The summed E-state index contributed by atoms with van der Waals surface area (Å²) in [5, 5.41) is 0. The van der Waals surface area contributed by atoms with Gasteiger partial charge in [-0.05, 0) is 49.9 Å². The van der Waals surface area contributed by atoms with Crippen molar-refractivity contribution in [2.24, 2.45) is 5.73 Å². The van der Waals surface area contributed by atoms with Gasteiger partial charge in [0, 0.05) is 16.7 Å². The van der Waals surface area contributed by atoms with Gasteiger partial charge in [-0.2, -0.15) is 0 Å². The van der Waals surface area contributed by atoms with Crippen LogP contribution >= 0.6 is 11.8 Å². The highest BCUT2D eigenvalue weighted by Crippen LogP contribution is 2.31. The molecule has 3 nitrogen and oxygen atoms in total. The van der Waals surface area contributed by atoms with Gasteiger partial charge in [0.15, 0.2) is 0 Å². The average molecular weight is 274 g/mol. The van der Waals surface area contributed by atoms with Crippen LogP contribution in [0.1, 0.15) is 11.1 Å². The lowest BCUT2D eigenvalue weighted by Gasteiger charge is -2.11. The van der Waals surface area contributed by atoms with Gasteiger partial charge in [0.25, 0.3) is 0 Å². The lowest BCUT2D eigenvalue weighted by atomic mass is 10.1. The van der Waals surface area contributed by atoms with Gasteiger partial charge in [-0.25, -0.2) is 4.98 Å². The smallest absolute Gasteiger partial charge is 0.222 e. The molecule has 1 heterocycles. The standard InChI is InChI=1S/C15H18N2OS/c1-11-9-12(7-8-16)10-17-15(11)18-13-5-3-4-6-14(13)19-2/h3-6,9-10H,7-8,16H2,1-2H3. The van der Waals surface area contributed by atoms with E-state index in [4.69, 9.17) is 10.5 Å². The van der Waals surface area contributed by atoms with E-state index in [-0.39, 0.29) is 0 Å². The van der Waals surface area contributed by atoms with Crippen LogP contribution in [0.4, 0.5) is 0 Å². The van der Waals surface area contributed by atoms with E-state index in [0.717, 1.165) is 28.2 Å². The fourth-order valence-corrected chi connectivity index (χ4v) is 2.36. The third-order valence-electron chi connectivity index (χ3n) is 2.80. The highest BCUT2D eigenvalue weighted by atomic mass is 32.2. The molecule has 0 aliphatic heterocycles. The zero-order chi connectivity index (χ0) is 13.7. The van der Waals surface area contributed by atoms with E-state index >= 15 is 0 Å². The van der Waals surface area contributed by atoms with Crippen molar-refractivity contribution >= 4 is 11.8 Å². The van der Waals surface area contributed by atoms with Crippen LogP contribution in [-0.2, 0) is 6.42 Å². The van der Waals surface area contributed by atoms with E-state index in [1.807, 2.05) is 43.6 Å². The van der Waals surface area contributed by atoms with Crippen LogP contribution in [0.5, 0.6) is 11.6 Å². The number of hydrogen-bond donors (Lipinski definition) is 1. The number of hydrogen-bond acceptors (Lipinski definition) is 4. The first-order valence-corrected chi connectivity index (χ1v) is 7.43. The van der Waals surface area contributed by atoms with E-state index in [1.165, 1.54) is 0 Å². The summed E-state index contributed by atoms with van der Waals surface area (Å²) in [5.41, 5.74) is 7.72. The molecule has 2 aromatic rings. The summed E-state index contributed by atoms with van der Waals surface area (Å²) >= 11 is 1.66. The van der Waals surface area contributed by atoms with Crippen LogP contribution in [0.3, 0.4) is 0 Å². The van der Waals surface area contributed by atoms with Crippen LogP contribution in [0, 0.1) is 6.92 Å². The number of thioether (sulfide) groups is 1. The summed E-state index contributed by atoms with van der Waals surface area (Å²) < 4.78 is 5.90. The van der Waals surface area contributed by atoms with Crippen molar-refractivity contribution in [2.45, 2.75) is 18.2 Å². The van der Waals surface area contributed by atoms with E-state index in [0.29, 0.717) is 12.4 Å². The Morgan fingerprint density at radius 1 is 1.32 bits per heavy atom. The molecular weight excluding hydrogens is 256 g/mol.